The molecule has 140 valence electrons. The van der Waals surface area contributed by atoms with Crippen LogP contribution in [0.4, 0.5) is 4.39 Å². The molecule has 8 heteroatoms. The predicted octanol–water partition coefficient (Wildman–Crippen LogP) is 4.24. The van der Waals surface area contributed by atoms with E-state index in [2.05, 4.69) is 15.3 Å². The summed E-state index contributed by atoms with van der Waals surface area (Å²) in [7, 11) is 0. The largest absolute Gasteiger partial charge is 0.482 e. The zero-order chi connectivity index (χ0) is 19.4. The van der Waals surface area contributed by atoms with Crippen molar-refractivity contribution in [3.05, 3.63) is 76.5 Å². The third-order valence-corrected chi connectivity index (χ3v) is 4.05. The lowest BCUT2D eigenvalue weighted by Gasteiger charge is -2.12. The third kappa shape index (κ3) is 4.83. The Bertz CT molecular complexity index is 944. The number of halogens is 2. The van der Waals surface area contributed by atoms with Gasteiger partial charge in [-0.1, -0.05) is 17.7 Å². The maximum absolute atomic E-state index is 13.0. The van der Waals surface area contributed by atoms with Crippen LogP contribution in [0.25, 0.3) is 0 Å². The van der Waals surface area contributed by atoms with Crippen molar-refractivity contribution in [1.82, 2.24) is 15.3 Å². The van der Waals surface area contributed by atoms with Crippen molar-refractivity contribution >= 4 is 17.5 Å². The number of carbonyl (C=O) groups is 1. The lowest BCUT2D eigenvalue weighted by molar-refractivity contribution is 0.0934. The SMILES string of the molecule is Cc1ccc([C@H](C)NC(=O)c2coc(COc3ccc(F)cc3Cl)n2)nc1. The molecule has 1 amide bonds. The summed E-state index contributed by atoms with van der Waals surface area (Å²) in [5.74, 6) is -0.359. The van der Waals surface area contributed by atoms with Crippen LogP contribution in [0.1, 0.15) is 40.6 Å². The summed E-state index contributed by atoms with van der Waals surface area (Å²) in [6.45, 7) is 3.72. The number of hydrogen-bond donors (Lipinski definition) is 1. The monoisotopic (exact) mass is 389 g/mol. The van der Waals surface area contributed by atoms with Crippen molar-refractivity contribution in [2.24, 2.45) is 0 Å². The van der Waals surface area contributed by atoms with E-state index < -0.39 is 5.82 Å². The second-order valence-corrected chi connectivity index (χ2v) is 6.35. The standard InChI is InChI=1S/C19H17ClFN3O3/c1-11-3-5-15(22-8-11)12(2)23-19(25)16-9-27-18(24-16)10-26-17-6-4-13(21)7-14(17)20/h3-9,12H,10H2,1-2H3,(H,23,25)/t12-/m0/s1. The smallest absolute Gasteiger partial charge is 0.273 e. The Hall–Kier alpha value is -2.93. The quantitative estimate of drug-likeness (QED) is 0.682. The molecule has 0 aliphatic rings. The number of rotatable bonds is 6. The Kier molecular flexibility index (Phi) is 5.71. The van der Waals surface area contributed by atoms with Gasteiger partial charge in [0.05, 0.1) is 16.8 Å². The number of pyridine rings is 1. The molecule has 0 spiro atoms. The van der Waals surface area contributed by atoms with E-state index in [4.69, 9.17) is 20.8 Å². The number of nitrogens with one attached hydrogen (secondary N) is 1. The molecule has 0 bridgehead atoms. The van der Waals surface area contributed by atoms with Crippen molar-refractivity contribution in [2.45, 2.75) is 26.5 Å². The molecule has 0 aliphatic heterocycles. The maximum atomic E-state index is 13.0. The first-order valence-electron chi connectivity index (χ1n) is 8.18. The minimum atomic E-state index is -0.459. The van der Waals surface area contributed by atoms with Crippen LogP contribution >= 0.6 is 11.6 Å². The van der Waals surface area contributed by atoms with Gasteiger partial charge in [-0.2, -0.15) is 0 Å². The molecule has 1 atom stereocenters. The van der Waals surface area contributed by atoms with Gasteiger partial charge in [0, 0.05) is 6.20 Å². The molecule has 6 nitrogen and oxygen atoms in total. The first-order chi connectivity index (χ1) is 12.9. The fourth-order valence-electron chi connectivity index (χ4n) is 2.29. The minimum Gasteiger partial charge on any atom is -0.482 e. The minimum absolute atomic E-state index is 0.0479. The summed E-state index contributed by atoms with van der Waals surface area (Å²) < 4.78 is 23.7. The molecule has 2 aromatic heterocycles. The van der Waals surface area contributed by atoms with Crippen LogP contribution < -0.4 is 10.1 Å². The number of benzene rings is 1. The molecule has 0 fully saturated rings. The average Bonchev–Trinajstić information content (AvgIpc) is 3.10. The van der Waals surface area contributed by atoms with Gasteiger partial charge >= 0.3 is 0 Å². The van der Waals surface area contributed by atoms with E-state index in [-0.39, 0.29) is 35.2 Å². The number of ether oxygens (including phenoxy) is 1. The number of nitrogens with zero attached hydrogens (tertiary/aromatic N) is 2. The van der Waals surface area contributed by atoms with E-state index in [9.17, 15) is 9.18 Å². The Labute approximate surface area is 160 Å². The van der Waals surface area contributed by atoms with Gasteiger partial charge in [0.1, 0.15) is 17.8 Å². The highest BCUT2D eigenvalue weighted by Gasteiger charge is 2.17. The summed E-state index contributed by atoms with van der Waals surface area (Å²) in [6.07, 6.45) is 2.99. The van der Waals surface area contributed by atoms with E-state index in [1.165, 1.54) is 18.4 Å². The molecule has 3 rings (SSSR count). The zero-order valence-corrected chi connectivity index (χ0v) is 15.5. The molecule has 0 aliphatic carbocycles. The first-order valence-corrected chi connectivity index (χ1v) is 8.56. The van der Waals surface area contributed by atoms with Crippen LogP contribution in [-0.2, 0) is 6.61 Å². The van der Waals surface area contributed by atoms with E-state index in [0.29, 0.717) is 5.75 Å². The van der Waals surface area contributed by atoms with Crippen LogP contribution in [0.3, 0.4) is 0 Å². The normalized spacial score (nSPS) is 11.9. The molecule has 2 heterocycles. The Morgan fingerprint density at radius 1 is 1.37 bits per heavy atom. The number of oxazole rings is 1. The van der Waals surface area contributed by atoms with Crippen molar-refractivity contribution in [2.75, 3.05) is 0 Å². The molecule has 0 unspecified atom stereocenters. The maximum Gasteiger partial charge on any atom is 0.273 e. The number of hydrogen-bond acceptors (Lipinski definition) is 5. The molecule has 1 N–H and O–H groups in total. The van der Waals surface area contributed by atoms with Crippen LogP contribution in [0.15, 0.2) is 47.2 Å². The van der Waals surface area contributed by atoms with Crippen LogP contribution in [0, 0.1) is 12.7 Å². The van der Waals surface area contributed by atoms with Crippen molar-refractivity contribution in [3.8, 4) is 5.75 Å². The van der Waals surface area contributed by atoms with E-state index in [1.54, 1.807) is 6.20 Å². The highest BCUT2D eigenvalue weighted by molar-refractivity contribution is 6.32. The summed E-state index contributed by atoms with van der Waals surface area (Å²) in [6, 6.07) is 7.28. The zero-order valence-electron chi connectivity index (χ0n) is 14.7. The lowest BCUT2D eigenvalue weighted by Crippen LogP contribution is -2.27. The Morgan fingerprint density at radius 2 is 2.19 bits per heavy atom. The Morgan fingerprint density at radius 3 is 2.89 bits per heavy atom. The van der Waals surface area contributed by atoms with E-state index in [1.807, 2.05) is 26.0 Å². The fourth-order valence-corrected chi connectivity index (χ4v) is 2.51. The highest BCUT2D eigenvalue weighted by atomic mass is 35.5. The van der Waals surface area contributed by atoms with Crippen LogP contribution in [-0.4, -0.2) is 15.9 Å². The lowest BCUT2D eigenvalue weighted by atomic mass is 10.2. The topological polar surface area (TPSA) is 77.2 Å². The van der Waals surface area contributed by atoms with E-state index in [0.717, 1.165) is 17.3 Å². The highest BCUT2D eigenvalue weighted by Crippen LogP contribution is 2.25. The first kappa shape index (κ1) is 18.8. The third-order valence-electron chi connectivity index (χ3n) is 3.75. The van der Waals surface area contributed by atoms with Gasteiger partial charge in [-0.15, -0.1) is 0 Å². The number of aromatic nitrogens is 2. The van der Waals surface area contributed by atoms with Gasteiger partial charge in [-0.05, 0) is 43.7 Å². The van der Waals surface area contributed by atoms with Gasteiger partial charge in [-0.25, -0.2) is 9.37 Å². The average molecular weight is 390 g/mol. The number of amides is 1. The summed E-state index contributed by atoms with van der Waals surface area (Å²) in [5, 5.41) is 2.94. The second-order valence-electron chi connectivity index (χ2n) is 5.95. The molecule has 3 aromatic rings. The molecule has 0 radical (unpaired) electrons. The molecule has 27 heavy (non-hydrogen) atoms. The van der Waals surface area contributed by atoms with Crippen LogP contribution in [0.2, 0.25) is 5.02 Å². The summed E-state index contributed by atoms with van der Waals surface area (Å²) >= 11 is 5.89. The molecular weight excluding hydrogens is 373 g/mol. The molecule has 0 saturated heterocycles. The molecular formula is C19H17ClFN3O3. The van der Waals surface area contributed by atoms with Gasteiger partial charge < -0.3 is 14.5 Å². The Balaban J connectivity index is 1.59. The number of aryl methyl sites for hydroxylation is 1. The van der Waals surface area contributed by atoms with Gasteiger partial charge in [0.15, 0.2) is 12.3 Å². The van der Waals surface area contributed by atoms with Crippen LogP contribution in [0.5, 0.6) is 5.75 Å². The van der Waals surface area contributed by atoms with Gasteiger partial charge in [0.2, 0.25) is 5.89 Å². The van der Waals surface area contributed by atoms with Gasteiger partial charge in [0.25, 0.3) is 5.91 Å². The predicted molar refractivity (Wildman–Crippen MR) is 97.1 cm³/mol. The fraction of sp³-hybridized carbons (Fsp3) is 0.211. The van der Waals surface area contributed by atoms with Crippen molar-refractivity contribution in [3.63, 3.8) is 0 Å². The number of carbonyl (C=O) groups excluding carboxylic acids is 1. The molecule has 0 saturated carbocycles. The van der Waals surface area contributed by atoms with Crippen molar-refractivity contribution in [1.29, 1.82) is 0 Å². The summed E-state index contributed by atoms with van der Waals surface area (Å²) in [4.78, 5) is 20.7. The molecule has 1 aromatic carbocycles. The second kappa shape index (κ2) is 8.18. The van der Waals surface area contributed by atoms with E-state index >= 15 is 0 Å². The van der Waals surface area contributed by atoms with Gasteiger partial charge in [-0.3, -0.25) is 9.78 Å². The summed E-state index contributed by atoms with van der Waals surface area (Å²) in [5.41, 5.74) is 1.91. The van der Waals surface area contributed by atoms with Crippen molar-refractivity contribution < 1.29 is 18.3 Å².